The van der Waals surface area contributed by atoms with Crippen molar-refractivity contribution >= 4 is 29.1 Å². The van der Waals surface area contributed by atoms with Crippen LogP contribution in [0, 0.1) is 5.92 Å². The van der Waals surface area contributed by atoms with Crippen molar-refractivity contribution in [2.45, 2.75) is 32.6 Å². The molecule has 0 aliphatic carbocycles. The smallest absolute Gasteiger partial charge is 0.257 e. The van der Waals surface area contributed by atoms with Crippen LogP contribution in [0.4, 0.5) is 11.4 Å². The van der Waals surface area contributed by atoms with Crippen molar-refractivity contribution in [3.8, 4) is 0 Å². The Hall–Kier alpha value is -3.09. The van der Waals surface area contributed by atoms with Gasteiger partial charge in [0.25, 0.3) is 5.91 Å². The van der Waals surface area contributed by atoms with Crippen LogP contribution in [0.2, 0.25) is 0 Å². The molecule has 3 rings (SSSR count). The molecule has 2 N–H and O–H groups in total. The highest BCUT2D eigenvalue weighted by Gasteiger charge is 2.28. The van der Waals surface area contributed by atoms with Gasteiger partial charge < -0.3 is 20.0 Å². The fourth-order valence-corrected chi connectivity index (χ4v) is 3.28. The molecule has 1 aromatic heterocycles. The summed E-state index contributed by atoms with van der Waals surface area (Å²) in [4.78, 5) is 38.4. The van der Waals surface area contributed by atoms with E-state index >= 15 is 0 Å². The molecule has 1 fully saturated rings. The Morgan fingerprint density at radius 2 is 1.82 bits per heavy atom. The second-order valence-corrected chi connectivity index (χ2v) is 6.95. The summed E-state index contributed by atoms with van der Waals surface area (Å²) in [6.07, 6.45) is 5.39. The van der Waals surface area contributed by atoms with Gasteiger partial charge in [0.05, 0.1) is 11.8 Å². The van der Waals surface area contributed by atoms with E-state index in [9.17, 15) is 14.4 Å². The first-order valence-electron chi connectivity index (χ1n) is 9.59. The summed E-state index contributed by atoms with van der Waals surface area (Å²) in [5, 5.41) is 5.75. The number of nitrogens with one attached hydrogen (secondary N) is 2. The van der Waals surface area contributed by atoms with Gasteiger partial charge in [0.15, 0.2) is 0 Å². The molecule has 3 amide bonds. The van der Waals surface area contributed by atoms with Crippen LogP contribution in [-0.4, -0.2) is 35.7 Å². The normalized spacial score (nSPS) is 14.5. The number of anilines is 2. The Balaban J connectivity index is 1.52. The molecular formula is C21H25N3O4. The second-order valence-electron chi connectivity index (χ2n) is 6.95. The number of carbonyl (C=O) groups excluding carboxylic acids is 3. The lowest BCUT2D eigenvalue weighted by Crippen LogP contribution is -2.41. The maximum atomic E-state index is 12.6. The summed E-state index contributed by atoms with van der Waals surface area (Å²) in [6, 6.07) is 8.79. The van der Waals surface area contributed by atoms with Crippen LogP contribution in [0.15, 0.2) is 47.3 Å². The average Bonchev–Trinajstić information content (AvgIpc) is 3.23. The third-order valence-corrected chi connectivity index (χ3v) is 4.81. The van der Waals surface area contributed by atoms with E-state index in [0.717, 1.165) is 6.42 Å². The first kappa shape index (κ1) is 19.7. The van der Waals surface area contributed by atoms with Gasteiger partial charge in [-0.1, -0.05) is 13.0 Å². The molecular weight excluding hydrogens is 358 g/mol. The molecule has 2 aromatic rings. The van der Waals surface area contributed by atoms with E-state index in [1.54, 1.807) is 35.2 Å². The minimum Gasteiger partial charge on any atom is -0.472 e. The zero-order valence-electron chi connectivity index (χ0n) is 15.9. The number of furan rings is 1. The maximum absolute atomic E-state index is 12.6. The lowest BCUT2D eigenvalue weighted by atomic mass is 9.95. The molecule has 1 aliphatic heterocycles. The fraction of sp³-hybridized carbons (Fsp3) is 0.381. The summed E-state index contributed by atoms with van der Waals surface area (Å²) in [7, 11) is 0. The third-order valence-electron chi connectivity index (χ3n) is 4.81. The van der Waals surface area contributed by atoms with Crippen molar-refractivity contribution in [1.29, 1.82) is 0 Å². The Labute approximate surface area is 164 Å². The minimum atomic E-state index is -0.147. The van der Waals surface area contributed by atoms with E-state index in [1.807, 2.05) is 6.92 Å². The number of nitrogens with zero attached hydrogens (tertiary/aromatic N) is 1. The van der Waals surface area contributed by atoms with Crippen molar-refractivity contribution < 1.29 is 18.8 Å². The number of amides is 3. The Morgan fingerprint density at radius 3 is 2.46 bits per heavy atom. The quantitative estimate of drug-likeness (QED) is 0.798. The first-order valence-corrected chi connectivity index (χ1v) is 9.59. The van der Waals surface area contributed by atoms with Crippen LogP contribution in [0.3, 0.4) is 0 Å². The highest BCUT2D eigenvalue weighted by atomic mass is 16.3. The van der Waals surface area contributed by atoms with Gasteiger partial charge >= 0.3 is 0 Å². The Morgan fingerprint density at radius 1 is 1.11 bits per heavy atom. The number of hydrogen-bond donors (Lipinski definition) is 2. The van der Waals surface area contributed by atoms with Crippen LogP contribution in [0.1, 0.15) is 43.0 Å². The number of benzene rings is 1. The number of carbonyl (C=O) groups is 3. The summed E-state index contributed by atoms with van der Waals surface area (Å²) in [5.74, 6) is -0.317. The monoisotopic (exact) mass is 383 g/mol. The topological polar surface area (TPSA) is 91.7 Å². The van der Waals surface area contributed by atoms with Crippen molar-refractivity contribution in [3.05, 3.63) is 48.4 Å². The highest BCUT2D eigenvalue weighted by molar-refractivity contribution is 5.96. The predicted molar refractivity (Wildman–Crippen MR) is 106 cm³/mol. The van der Waals surface area contributed by atoms with Crippen LogP contribution >= 0.6 is 0 Å². The van der Waals surface area contributed by atoms with E-state index in [-0.39, 0.29) is 23.6 Å². The largest absolute Gasteiger partial charge is 0.472 e. The maximum Gasteiger partial charge on any atom is 0.257 e. The molecule has 0 spiro atoms. The van der Waals surface area contributed by atoms with Gasteiger partial charge in [-0.3, -0.25) is 14.4 Å². The molecule has 1 aromatic carbocycles. The van der Waals surface area contributed by atoms with E-state index in [2.05, 4.69) is 10.6 Å². The minimum absolute atomic E-state index is 0.0411. The Kier molecular flexibility index (Phi) is 6.47. The summed E-state index contributed by atoms with van der Waals surface area (Å²) in [6.45, 7) is 3.02. The predicted octanol–water partition coefficient (Wildman–Crippen LogP) is 3.51. The van der Waals surface area contributed by atoms with Gasteiger partial charge in [0.2, 0.25) is 11.8 Å². The second kappa shape index (κ2) is 9.21. The molecule has 1 aliphatic rings. The van der Waals surface area contributed by atoms with Crippen molar-refractivity contribution in [2.75, 3.05) is 23.7 Å². The number of piperidine rings is 1. The number of likely N-dealkylation sites (tertiary alicyclic amines) is 1. The Bertz CT molecular complexity index is 824. The molecule has 28 heavy (non-hydrogen) atoms. The van der Waals surface area contributed by atoms with Gasteiger partial charge in [-0.2, -0.15) is 0 Å². The number of rotatable bonds is 6. The van der Waals surface area contributed by atoms with Crippen molar-refractivity contribution in [2.24, 2.45) is 5.92 Å². The molecule has 7 nitrogen and oxygen atoms in total. The molecule has 0 atom stereocenters. The fourth-order valence-electron chi connectivity index (χ4n) is 3.28. The van der Waals surface area contributed by atoms with Crippen LogP contribution in [0.25, 0.3) is 0 Å². The summed E-state index contributed by atoms with van der Waals surface area (Å²) >= 11 is 0. The van der Waals surface area contributed by atoms with Crippen LogP contribution in [-0.2, 0) is 9.59 Å². The SMILES string of the molecule is CCCC(=O)Nc1cccc(NC(=O)C2CCN(C(=O)c3ccoc3)CC2)c1. The lowest BCUT2D eigenvalue weighted by molar-refractivity contribution is -0.121. The first-order chi connectivity index (χ1) is 13.6. The van der Waals surface area contributed by atoms with Gasteiger partial charge in [-0.05, 0) is 43.5 Å². The standard InChI is InChI=1S/C21H25N3O4/c1-2-4-19(25)22-17-5-3-6-18(13-17)23-20(26)15-7-10-24(11-8-15)21(27)16-9-12-28-14-16/h3,5-6,9,12-15H,2,4,7-8,10-11H2,1H3,(H,22,25)(H,23,26). The highest BCUT2D eigenvalue weighted by Crippen LogP contribution is 2.22. The van der Waals surface area contributed by atoms with E-state index < -0.39 is 0 Å². The van der Waals surface area contributed by atoms with Crippen molar-refractivity contribution in [1.82, 2.24) is 4.90 Å². The summed E-state index contributed by atoms with van der Waals surface area (Å²) in [5.41, 5.74) is 1.85. The molecule has 0 bridgehead atoms. The van der Waals surface area contributed by atoms with Crippen LogP contribution in [0.5, 0.6) is 0 Å². The molecule has 0 unspecified atom stereocenters. The summed E-state index contributed by atoms with van der Waals surface area (Å²) < 4.78 is 4.96. The van der Waals surface area contributed by atoms with E-state index in [4.69, 9.17) is 4.42 Å². The zero-order chi connectivity index (χ0) is 19.9. The zero-order valence-corrected chi connectivity index (χ0v) is 15.9. The third kappa shape index (κ3) is 5.00. The molecule has 0 saturated carbocycles. The molecule has 2 heterocycles. The van der Waals surface area contributed by atoms with Gasteiger partial charge in [0, 0.05) is 36.8 Å². The average molecular weight is 383 g/mol. The van der Waals surface area contributed by atoms with E-state index in [1.165, 1.54) is 12.5 Å². The number of hydrogen-bond acceptors (Lipinski definition) is 4. The van der Waals surface area contributed by atoms with Crippen LogP contribution < -0.4 is 10.6 Å². The van der Waals surface area contributed by atoms with Crippen molar-refractivity contribution in [3.63, 3.8) is 0 Å². The molecule has 1 saturated heterocycles. The van der Waals surface area contributed by atoms with Gasteiger partial charge in [-0.15, -0.1) is 0 Å². The molecule has 0 radical (unpaired) electrons. The van der Waals surface area contributed by atoms with Gasteiger partial charge in [0.1, 0.15) is 6.26 Å². The molecule has 148 valence electrons. The van der Waals surface area contributed by atoms with E-state index in [0.29, 0.717) is 49.3 Å². The lowest BCUT2D eigenvalue weighted by Gasteiger charge is -2.31. The van der Waals surface area contributed by atoms with Gasteiger partial charge in [-0.25, -0.2) is 0 Å². The molecule has 7 heteroatoms.